The summed E-state index contributed by atoms with van der Waals surface area (Å²) in [5.41, 5.74) is 0. The van der Waals surface area contributed by atoms with Crippen molar-refractivity contribution in [2.45, 2.75) is 63.1 Å². The smallest absolute Gasteiger partial charge is 0.333 e. The Morgan fingerprint density at radius 1 is 0.710 bits per heavy atom. The molecule has 0 aliphatic heterocycles. The molecule has 0 heterocycles. The van der Waals surface area contributed by atoms with Gasteiger partial charge in [-0.3, -0.25) is 9.59 Å². The second kappa shape index (κ2) is 11.4. The highest BCUT2D eigenvalue weighted by Crippen LogP contribution is 2.62. The zero-order chi connectivity index (χ0) is 25.1. The van der Waals surface area contributed by atoms with E-state index < -0.39 is 74.4 Å². The number of ether oxygens (including phenoxy) is 2. The van der Waals surface area contributed by atoms with Gasteiger partial charge in [-0.15, -0.1) is 23.2 Å². The number of alkyl halides is 12. The molecule has 0 amide bonds. The Balaban J connectivity index is 5.72. The van der Waals surface area contributed by atoms with Crippen molar-refractivity contribution < 1.29 is 41.0 Å². The summed E-state index contributed by atoms with van der Waals surface area (Å²) in [7, 11) is 0. The predicted octanol–water partition coefficient (Wildman–Crippen LogP) is 6.63. The van der Waals surface area contributed by atoms with Gasteiger partial charge in [-0.05, 0) is 0 Å². The average molecular weight is 603 g/mol. The molecule has 0 spiro atoms. The summed E-state index contributed by atoms with van der Waals surface area (Å²) < 4.78 is 75.4. The van der Waals surface area contributed by atoms with E-state index in [1.807, 2.05) is 0 Å². The Hall–Kier alpha value is 0.620. The molecule has 0 aromatic rings. The molecule has 0 bridgehead atoms. The molecule has 2 unspecified atom stereocenters. The molecule has 4 nitrogen and oxygen atoms in total. The van der Waals surface area contributed by atoms with E-state index in [2.05, 4.69) is 9.47 Å². The maximum atomic E-state index is 14.8. The minimum atomic E-state index is -5.41. The quantitative estimate of drug-likeness (QED) is 0.143. The number of hydrogen-bond acceptors (Lipinski definition) is 4. The van der Waals surface area contributed by atoms with Gasteiger partial charge in [-0.1, -0.05) is 58.0 Å². The lowest BCUT2D eigenvalue weighted by atomic mass is 9.95. The second-order valence-corrected chi connectivity index (χ2v) is 11.1. The van der Waals surface area contributed by atoms with Gasteiger partial charge in [0.05, 0.1) is 10.8 Å². The number of halogens is 12. The summed E-state index contributed by atoms with van der Waals surface area (Å²) in [6, 6.07) is 0. The third-order valence-electron chi connectivity index (χ3n) is 3.60. The van der Waals surface area contributed by atoms with E-state index >= 15 is 0 Å². The summed E-state index contributed by atoms with van der Waals surface area (Å²) in [4.78, 5) is 21.5. The van der Waals surface area contributed by atoms with E-state index in [4.69, 9.17) is 81.2 Å². The minimum Gasteiger partial charge on any atom is -0.464 e. The third kappa shape index (κ3) is 7.82. The zero-order valence-electron chi connectivity index (χ0n) is 15.7. The maximum absolute atomic E-state index is 14.8. The predicted molar refractivity (Wildman–Crippen MR) is 110 cm³/mol. The lowest BCUT2D eigenvalue weighted by Crippen LogP contribution is -2.66. The van der Waals surface area contributed by atoms with Crippen LogP contribution in [0.5, 0.6) is 0 Å². The topological polar surface area (TPSA) is 52.6 Å². The van der Waals surface area contributed by atoms with E-state index in [0.717, 1.165) is 13.8 Å². The van der Waals surface area contributed by atoms with E-state index in [0.29, 0.717) is 0 Å². The van der Waals surface area contributed by atoms with Gasteiger partial charge in [-0.2, -0.15) is 17.6 Å². The van der Waals surface area contributed by atoms with Gasteiger partial charge in [0.25, 0.3) is 0 Å². The molecule has 16 heteroatoms. The molecular weight excluding hydrogens is 587 g/mol. The molecule has 0 aliphatic carbocycles. The highest BCUT2D eigenvalue weighted by molar-refractivity contribution is 6.51. The Morgan fingerprint density at radius 2 is 0.968 bits per heavy atom. The van der Waals surface area contributed by atoms with Crippen LogP contribution in [0.2, 0.25) is 0 Å². The normalized spacial score (nSPS) is 17.5. The third-order valence-corrected chi connectivity index (χ3v) is 6.20. The first-order chi connectivity index (χ1) is 13.6. The summed E-state index contributed by atoms with van der Waals surface area (Å²) >= 11 is 38.0. The van der Waals surface area contributed by atoms with Crippen LogP contribution in [0.25, 0.3) is 0 Å². The molecule has 0 saturated heterocycles. The van der Waals surface area contributed by atoms with Gasteiger partial charge in [-0.25, -0.2) is 4.39 Å². The van der Waals surface area contributed by atoms with E-state index in [1.54, 1.807) is 0 Å². The summed E-state index contributed by atoms with van der Waals surface area (Å²) in [5.74, 6) is -12.5. The van der Waals surface area contributed by atoms with Crippen molar-refractivity contribution in [3.63, 3.8) is 0 Å². The van der Waals surface area contributed by atoms with Gasteiger partial charge in [0.15, 0.2) is 8.67 Å². The molecule has 0 rings (SSSR count). The molecule has 0 aromatic heterocycles. The standard InChI is InChI=1S/C15H16Cl7F5O4/c1-7(28)30-5-9(16)3-11(18,19)14(24,25)13(22,23)15(26,27)12(20,21)4-10(17)6-31-8(2)29/h9-10H,3-6H2,1-2H3. The summed E-state index contributed by atoms with van der Waals surface area (Å²) in [5, 5.41) is -8.40. The van der Waals surface area contributed by atoms with Crippen LogP contribution in [0.3, 0.4) is 0 Å². The first-order valence-electron chi connectivity index (χ1n) is 8.06. The van der Waals surface area contributed by atoms with Crippen molar-refractivity contribution >= 4 is 93.1 Å². The van der Waals surface area contributed by atoms with Gasteiger partial charge in [0.1, 0.15) is 13.2 Å². The minimum absolute atomic E-state index is 0.689. The fourth-order valence-electron chi connectivity index (χ4n) is 2.00. The first-order valence-corrected chi connectivity index (χ1v) is 10.8. The maximum Gasteiger partial charge on any atom is 0.333 e. The number of rotatable bonds is 12. The Kier molecular flexibility index (Phi) is 11.6. The van der Waals surface area contributed by atoms with Crippen LogP contribution < -0.4 is 0 Å². The molecule has 0 fully saturated rings. The van der Waals surface area contributed by atoms with E-state index in [9.17, 15) is 31.5 Å². The second-order valence-electron chi connectivity index (χ2n) is 6.34. The lowest BCUT2D eigenvalue weighted by molar-refractivity contribution is -0.217. The molecule has 31 heavy (non-hydrogen) atoms. The van der Waals surface area contributed by atoms with E-state index in [1.165, 1.54) is 0 Å². The zero-order valence-corrected chi connectivity index (χ0v) is 20.9. The number of esters is 2. The Labute approximate surface area is 209 Å². The number of carbonyl (C=O) groups is 2. The van der Waals surface area contributed by atoms with Gasteiger partial charge in [0, 0.05) is 26.7 Å². The van der Waals surface area contributed by atoms with E-state index in [-0.39, 0.29) is 0 Å². The van der Waals surface area contributed by atoms with Crippen LogP contribution in [-0.2, 0) is 19.1 Å². The van der Waals surface area contributed by atoms with Crippen LogP contribution in [0.15, 0.2) is 0 Å². The SMILES string of the molecule is CC(=O)OCC(Cl)CC(Cl)(Cl)C(F)(F)C(F)(Cl)C(F)(F)C(Cl)(Cl)CC(Cl)COC(C)=O. The molecule has 184 valence electrons. The van der Waals surface area contributed by atoms with Crippen molar-refractivity contribution in [1.29, 1.82) is 0 Å². The fourth-order valence-corrected chi connectivity index (χ4v) is 4.69. The lowest BCUT2D eigenvalue weighted by Gasteiger charge is -2.44. The molecule has 0 aromatic carbocycles. The van der Waals surface area contributed by atoms with Crippen molar-refractivity contribution in [3.8, 4) is 0 Å². The summed E-state index contributed by atoms with van der Waals surface area (Å²) in [6.45, 7) is 0.575. The first kappa shape index (κ1) is 31.6. The van der Waals surface area contributed by atoms with Crippen LogP contribution in [0.1, 0.15) is 26.7 Å². The Morgan fingerprint density at radius 3 is 1.19 bits per heavy atom. The van der Waals surface area contributed by atoms with Gasteiger partial charge >= 0.3 is 28.9 Å². The van der Waals surface area contributed by atoms with Gasteiger partial charge in [0.2, 0.25) is 0 Å². The largest absolute Gasteiger partial charge is 0.464 e. The fraction of sp³-hybridized carbons (Fsp3) is 0.867. The molecule has 0 saturated carbocycles. The number of hydrogen-bond donors (Lipinski definition) is 0. The molecule has 0 aliphatic rings. The van der Waals surface area contributed by atoms with Crippen molar-refractivity contribution in [2.75, 3.05) is 13.2 Å². The molecule has 0 radical (unpaired) electrons. The highest BCUT2D eigenvalue weighted by Gasteiger charge is 2.80. The van der Waals surface area contributed by atoms with Crippen LogP contribution in [0, 0.1) is 0 Å². The van der Waals surface area contributed by atoms with Crippen molar-refractivity contribution in [1.82, 2.24) is 0 Å². The van der Waals surface area contributed by atoms with Crippen molar-refractivity contribution in [3.05, 3.63) is 0 Å². The number of carbonyl (C=O) groups excluding carboxylic acids is 2. The summed E-state index contributed by atoms with van der Waals surface area (Å²) in [6.07, 6.45) is -2.48. The van der Waals surface area contributed by atoms with Crippen molar-refractivity contribution in [2.24, 2.45) is 0 Å². The van der Waals surface area contributed by atoms with Crippen LogP contribution in [-0.4, -0.2) is 61.5 Å². The van der Waals surface area contributed by atoms with Crippen LogP contribution >= 0.6 is 81.2 Å². The Bertz CT molecular complexity index is 597. The molecule has 2 atom stereocenters. The average Bonchev–Trinajstić information content (AvgIpc) is 2.56. The van der Waals surface area contributed by atoms with Crippen LogP contribution in [0.4, 0.5) is 22.0 Å². The molecular formula is C15H16Cl7F5O4. The molecule has 0 N–H and O–H groups in total. The highest BCUT2D eigenvalue weighted by atomic mass is 35.5. The monoisotopic (exact) mass is 600 g/mol. The van der Waals surface area contributed by atoms with Gasteiger partial charge < -0.3 is 9.47 Å².